The van der Waals surface area contributed by atoms with Gasteiger partial charge in [-0.3, -0.25) is 19.3 Å². The Balaban J connectivity index is 1.31. The van der Waals surface area contributed by atoms with Crippen molar-refractivity contribution in [2.24, 2.45) is 0 Å². The van der Waals surface area contributed by atoms with Crippen molar-refractivity contribution in [3.05, 3.63) is 83.4 Å². The quantitative estimate of drug-likeness (QED) is 0.184. The van der Waals surface area contributed by atoms with E-state index in [9.17, 15) is 24.3 Å². The maximum absolute atomic E-state index is 12.9. The molecule has 298 valence electrons. The van der Waals surface area contributed by atoms with Gasteiger partial charge in [0.1, 0.15) is 35.7 Å². The number of fused-ring (bicyclic) bond motifs is 1. The Hall–Kier alpha value is -5.60. The van der Waals surface area contributed by atoms with Gasteiger partial charge in [-0.2, -0.15) is 0 Å². The molecule has 3 aliphatic rings. The second-order valence-corrected chi connectivity index (χ2v) is 13.8. The van der Waals surface area contributed by atoms with Crippen molar-refractivity contribution < 1.29 is 62.2 Å². The number of rotatable bonds is 12. The Morgan fingerprint density at radius 3 is 2.05 bits per heavy atom. The molecule has 3 aliphatic heterocycles. The van der Waals surface area contributed by atoms with Crippen LogP contribution in [0.3, 0.4) is 0 Å². The third kappa shape index (κ3) is 9.43. The number of carbonyl (C=O) groups is 4. The number of likely N-dealkylation sites (tertiary alicyclic amines) is 1. The average molecular weight is 774 g/mol. The summed E-state index contributed by atoms with van der Waals surface area (Å²) >= 11 is 0. The van der Waals surface area contributed by atoms with Crippen molar-refractivity contribution >= 4 is 35.0 Å². The third-order valence-corrected chi connectivity index (χ3v) is 9.84. The lowest BCUT2D eigenvalue weighted by Crippen LogP contribution is -2.64. The predicted octanol–water partition coefficient (Wildman–Crippen LogP) is 5.39. The van der Waals surface area contributed by atoms with Gasteiger partial charge in [-0.15, -0.1) is 0 Å². The first-order valence-corrected chi connectivity index (χ1v) is 18.6. The number of phenolic OH excluding ortho intramolecular Hbond substituents is 1. The molecule has 0 amide bonds. The zero-order valence-electron chi connectivity index (χ0n) is 32.1. The summed E-state index contributed by atoms with van der Waals surface area (Å²) in [5.74, 6) is -1.81. The number of benzene rings is 3. The maximum Gasteiger partial charge on any atom is 0.339 e. The monoisotopic (exact) mass is 773 g/mol. The standard InChI is InChI=1S/C42H47NO13/c1-24-33-18-17-32(54-42-40(53-27(4)46)38(52-26(3)45)37(51-25(2)44)39(56-42)41(48)49-5)23-34(33)55-36(35(24)28-9-13-30(47)14-10-28)29-11-15-31(16-12-29)50-22-21-43-19-7-6-8-20-43/h9-18,23,36-40,42,47H,6-8,19-22H2,1-5H3/t36-,37-,38-,39-,40+,42+/m0/s1. The Morgan fingerprint density at radius 1 is 0.786 bits per heavy atom. The number of allylic oxidation sites excluding steroid dienone is 1. The van der Waals surface area contributed by atoms with E-state index in [1.807, 2.05) is 43.3 Å². The fraction of sp³-hybridized carbons (Fsp3) is 0.429. The van der Waals surface area contributed by atoms with Crippen molar-refractivity contribution in [3.63, 3.8) is 0 Å². The minimum absolute atomic E-state index is 0.134. The van der Waals surface area contributed by atoms with Crippen LogP contribution in [0.4, 0.5) is 0 Å². The number of nitrogens with zero attached hydrogens (tertiary/aromatic N) is 1. The first kappa shape index (κ1) is 40.1. The van der Waals surface area contributed by atoms with Crippen molar-refractivity contribution in [1.82, 2.24) is 4.90 Å². The molecule has 0 spiro atoms. The van der Waals surface area contributed by atoms with Gasteiger partial charge < -0.3 is 43.0 Å². The van der Waals surface area contributed by atoms with Gasteiger partial charge in [-0.1, -0.05) is 30.7 Å². The summed E-state index contributed by atoms with van der Waals surface area (Å²) in [6.07, 6.45) is -4.54. The molecule has 14 nitrogen and oxygen atoms in total. The molecule has 3 aromatic rings. The Morgan fingerprint density at radius 2 is 1.41 bits per heavy atom. The van der Waals surface area contributed by atoms with Gasteiger partial charge in [0.25, 0.3) is 0 Å². The third-order valence-electron chi connectivity index (χ3n) is 9.84. The topological polar surface area (TPSA) is 166 Å². The Kier molecular flexibility index (Phi) is 12.8. The van der Waals surface area contributed by atoms with E-state index in [1.165, 1.54) is 19.3 Å². The molecule has 2 saturated heterocycles. The highest BCUT2D eigenvalue weighted by Gasteiger charge is 2.56. The number of aromatic hydroxyl groups is 1. The smallest absolute Gasteiger partial charge is 0.339 e. The Bertz CT molecular complexity index is 1920. The first-order valence-electron chi connectivity index (χ1n) is 18.6. The van der Waals surface area contributed by atoms with Crippen LogP contribution >= 0.6 is 0 Å². The highest BCUT2D eigenvalue weighted by Crippen LogP contribution is 2.48. The second kappa shape index (κ2) is 17.9. The molecule has 0 unspecified atom stereocenters. The van der Waals surface area contributed by atoms with Gasteiger partial charge in [0.2, 0.25) is 12.4 Å². The highest BCUT2D eigenvalue weighted by molar-refractivity contribution is 5.95. The number of methoxy groups -OCH3 is 1. The normalized spacial score (nSPS) is 23.5. The summed E-state index contributed by atoms with van der Waals surface area (Å²) < 4.78 is 46.3. The van der Waals surface area contributed by atoms with E-state index in [2.05, 4.69) is 4.90 Å². The molecule has 0 bridgehead atoms. The lowest BCUT2D eigenvalue weighted by atomic mass is 9.86. The van der Waals surface area contributed by atoms with E-state index in [0.29, 0.717) is 12.4 Å². The lowest BCUT2D eigenvalue weighted by molar-refractivity contribution is -0.282. The first-order chi connectivity index (χ1) is 26.9. The molecule has 2 fully saturated rings. The molecule has 6 atom stereocenters. The van der Waals surface area contributed by atoms with E-state index in [4.69, 9.17) is 37.9 Å². The molecule has 3 aromatic carbocycles. The van der Waals surface area contributed by atoms with Crippen LogP contribution in [0.2, 0.25) is 0 Å². The number of hydrogen-bond donors (Lipinski definition) is 1. The zero-order chi connectivity index (χ0) is 39.9. The van der Waals surface area contributed by atoms with Crippen LogP contribution < -0.4 is 14.2 Å². The van der Waals surface area contributed by atoms with Crippen LogP contribution in [-0.2, 0) is 42.9 Å². The second-order valence-electron chi connectivity index (χ2n) is 13.8. The van der Waals surface area contributed by atoms with Crippen molar-refractivity contribution in [2.75, 3.05) is 33.4 Å². The molecule has 1 N–H and O–H groups in total. The fourth-order valence-corrected chi connectivity index (χ4v) is 7.28. The van der Waals surface area contributed by atoms with E-state index < -0.39 is 60.7 Å². The molecular formula is C42H47NO13. The number of phenols is 1. The molecule has 3 heterocycles. The Labute approximate surface area is 325 Å². The average Bonchev–Trinajstić information content (AvgIpc) is 3.17. The van der Waals surface area contributed by atoms with Gasteiger partial charge in [0.05, 0.1) is 7.11 Å². The van der Waals surface area contributed by atoms with Crippen LogP contribution in [0.15, 0.2) is 66.7 Å². The molecule has 6 rings (SSSR count). The molecular weight excluding hydrogens is 726 g/mol. The largest absolute Gasteiger partial charge is 0.508 e. The SMILES string of the molecule is COC(=O)[C@H]1O[C@@H](Oc2ccc3c(c2)O[C@@H](c2ccc(OCCN4CCCCC4)cc2)C(c2ccc(O)cc2)=C3C)[C@H](OC(C)=O)[C@@H](OC(C)=O)[C@@H]1OC(C)=O. The van der Waals surface area contributed by atoms with Crippen LogP contribution in [0.1, 0.15) is 69.8 Å². The van der Waals surface area contributed by atoms with Crippen LogP contribution in [-0.4, -0.2) is 97.9 Å². The summed E-state index contributed by atoms with van der Waals surface area (Å²) in [5.41, 5.74) is 4.25. The van der Waals surface area contributed by atoms with Gasteiger partial charge >= 0.3 is 23.9 Å². The lowest BCUT2D eigenvalue weighted by Gasteiger charge is -2.43. The van der Waals surface area contributed by atoms with Crippen LogP contribution in [0.5, 0.6) is 23.0 Å². The highest BCUT2D eigenvalue weighted by atomic mass is 16.7. The van der Waals surface area contributed by atoms with E-state index in [0.717, 1.165) is 81.1 Å². The van der Waals surface area contributed by atoms with E-state index in [-0.39, 0.29) is 11.5 Å². The molecule has 14 heteroatoms. The summed E-state index contributed by atoms with van der Waals surface area (Å²) in [6, 6.07) is 19.8. The van der Waals surface area contributed by atoms with Gasteiger partial charge in [-0.25, -0.2) is 4.79 Å². The van der Waals surface area contributed by atoms with Crippen LogP contribution in [0.25, 0.3) is 11.1 Å². The number of piperidine rings is 1. The van der Waals surface area contributed by atoms with Crippen molar-refractivity contribution in [2.45, 2.75) is 83.8 Å². The maximum atomic E-state index is 12.9. The van der Waals surface area contributed by atoms with E-state index >= 15 is 0 Å². The summed E-state index contributed by atoms with van der Waals surface area (Å²) in [4.78, 5) is 52.0. The van der Waals surface area contributed by atoms with Gasteiger partial charge in [-0.05, 0) is 86.0 Å². The summed E-state index contributed by atoms with van der Waals surface area (Å²) in [7, 11) is 1.11. The molecule has 56 heavy (non-hydrogen) atoms. The van der Waals surface area contributed by atoms with Gasteiger partial charge in [0, 0.05) is 44.5 Å². The number of carbonyl (C=O) groups excluding carboxylic acids is 4. The fourth-order valence-electron chi connectivity index (χ4n) is 7.28. The molecule has 0 aromatic heterocycles. The van der Waals surface area contributed by atoms with Crippen molar-refractivity contribution in [1.29, 1.82) is 0 Å². The number of hydrogen-bond acceptors (Lipinski definition) is 14. The zero-order valence-corrected chi connectivity index (χ0v) is 32.1. The molecule has 0 radical (unpaired) electrons. The van der Waals surface area contributed by atoms with Crippen molar-refractivity contribution in [3.8, 4) is 23.0 Å². The molecule has 0 aliphatic carbocycles. The summed E-state index contributed by atoms with van der Waals surface area (Å²) in [5, 5.41) is 10.1. The molecule has 0 saturated carbocycles. The summed E-state index contributed by atoms with van der Waals surface area (Å²) in [6.45, 7) is 8.99. The van der Waals surface area contributed by atoms with Gasteiger partial charge in [0.15, 0.2) is 18.3 Å². The van der Waals surface area contributed by atoms with Crippen LogP contribution in [0, 0.1) is 0 Å². The number of esters is 4. The minimum Gasteiger partial charge on any atom is -0.508 e. The predicted molar refractivity (Wildman–Crippen MR) is 201 cm³/mol. The minimum atomic E-state index is -1.61. The van der Waals surface area contributed by atoms with E-state index in [1.54, 1.807) is 30.3 Å². The number of ether oxygens (including phenoxy) is 8.